The molecule has 3 aromatic carbocycles. The Morgan fingerprint density at radius 2 is 1.52 bits per heavy atom. The highest BCUT2D eigenvalue weighted by Gasteiger charge is 2.41. The molecule has 4 rings (SSSR count). The molecule has 0 atom stereocenters. The first kappa shape index (κ1) is 20.4. The van der Waals surface area contributed by atoms with E-state index in [1.807, 2.05) is 75.4 Å². The van der Waals surface area contributed by atoms with E-state index in [0.717, 1.165) is 22.4 Å². The van der Waals surface area contributed by atoms with Crippen LogP contribution in [0.15, 0.2) is 72.4 Å². The van der Waals surface area contributed by atoms with E-state index in [1.165, 1.54) is 4.90 Å². The van der Waals surface area contributed by atoms with Gasteiger partial charge in [-0.25, -0.2) is 4.90 Å². The summed E-state index contributed by atoms with van der Waals surface area (Å²) in [6.45, 7) is 5.83. The number of methoxy groups -OCH3 is 1. The van der Waals surface area contributed by atoms with Gasteiger partial charge in [-0.15, -0.1) is 0 Å². The number of ether oxygens (including phenoxy) is 1. The summed E-state index contributed by atoms with van der Waals surface area (Å²) in [5, 5.41) is 3.23. The maximum absolute atomic E-state index is 13.7. The summed E-state index contributed by atoms with van der Waals surface area (Å²) >= 11 is 0. The summed E-state index contributed by atoms with van der Waals surface area (Å²) in [4.78, 5) is 28.5. The first-order valence-electron chi connectivity index (χ1n) is 10.1. The van der Waals surface area contributed by atoms with Gasteiger partial charge < -0.3 is 10.1 Å². The fraction of sp³-hybridized carbons (Fsp3) is 0.154. The van der Waals surface area contributed by atoms with Gasteiger partial charge >= 0.3 is 0 Å². The lowest BCUT2D eigenvalue weighted by atomic mass is 10.0. The topological polar surface area (TPSA) is 58.6 Å². The average molecular weight is 412 g/mol. The second-order valence-electron chi connectivity index (χ2n) is 7.63. The van der Waals surface area contributed by atoms with E-state index in [-0.39, 0.29) is 17.5 Å². The SMILES string of the molecule is COc1ccccc1C1=C(Nc2ccccc2C)C(=O)N(c2ccc(C)cc2C)C1=O. The summed E-state index contributed by atoms with van der Waals surface area (Å²) < 4.78 is 5.50. The number of anilines is 2. The van der Waals surface area contributed by atoms with Crippen molar-refractivity contribution in [1.82, 2.24) is 0 Å². The minimum Gasteiger partial charge on any atom is -0.496 e. The lowest BCUT2D eigenvalue weighted by Crippen LogP contribution is -2.33. The number of imide groups is 1. The van der Waals surface area contributed by atoms with Crippen LogP contribution in [0, 0.1) is 20.8 Å². The van der Waals surface area contributed by atoms with Crippen LogP contribution in [0.3, 0.4) is 0 Å². The molecular formula is C26H24N2O3. The van der Waals surface area contributed by atoms with E-state index in [2.05, 4.69) is 5.32 Å². The van der Waals surface area contributed by atoms with E-state index in [4.69, 9.17) is 4.74 Å². The number of carbonyl (C=O) groups excluding carboxylic acids is 2. The highest BCUT2D eigenvalue weighted by Crippen LogP contribution is 2.38. The molecule has 1 aliphatic heterocycles. The molecule has 5 nitrogen and oxygen atoms in total. The molecule has 1 aliphatic rings. The average Bonchev–Trinajstić information content (AvgIpc) is 2.99. The van der Waals surface area contributed by atoms with Crippen LogP contribution in [0.1, 0.15) is 22.3 Å². The number of amides is 2. The van der Waals surface area contributed by atoms with Crippen LogP contribution in [-0.2, 0) is 9.59 Å². The minimum atomic E-state index is -0.388. The zero-order valence-corrected chi connectivity index (χ0v) is 18.0. The molecule has 5 heteroatoms. The predicted octanol–water partition coefficient (Wildman–Crippen LogP) is 5.02. The van der Waals surface area contributed by atoms with E-state index >= 15 is 0 Å². The smallest absolute Gasteiger partial charge is 0.282 e. The standard InChI is InChI=1S/C26H24N2O3/c1-16-13-14-21(18(3)15-16)28-25(29)23(19-10-6-8-12-22(19)31-4)24(26(28)30)27-20-11-7-5-9-17(20)2/h5-15,27H,1-4H3. The molecule has 0 radical (unpaired) electrons. The van der Waals surface area contributed by atoms with Crippen molar-refractivity contribution in [3.8, 4) is 5.75 Å². The summed E-state index contributed by atoms with van der Waals surface area (Å²) in [6.07, 6.45) is 0. The third-order valence-corrected chi connectivity index (χ3v) is 5.46. The molecule has 0 aromatic heterocycles. The zero-order chi connectivity index (χ0) is 22.1. The molecule has 0 unspecified atom stereocenters. The number of rotatable bonds is 5. The Kier molecular flexibility index (Phi) is 5.34. The van der Waals surface area contributed by atoms with Gasteiger partial charge in [0.2, 0.25) is 0 Å². The Labute approximate surface area is 182 Å². The summed E-state index contributed by atoms with van der Waals surface area (Å²) in [5.74, 6) is -0.233. The van der Waals surface area contributed by atoms with Crippen molar-refractivity contribution in [2.75, 3.05) is 17.3 Å². The largest absolute Gasteiger partial charge is 0.496 e. The summed E-state index contributed by atoms with van der Waals surface area (Å²) in [5.41, 5.74) is 5.36. The van der Waals surface area contributed by atoms with Crippen molar-refractivity contribution in [2.45, 2.75) is 20.8 Å². The quantitative estimate of drug-likeness (QED) is 0.598. The molecule has 2 amide bonds. The number of aryl methyl sites for hydroxylation is 3. The number of benzene rings is 3. The van der Waals surface area contributed by atoms with Gasteiger partial charge in [-0.1, -0.05) is 54.1 Å². The monoisotopic (exact) mass is 412 g/mol. The number of hydrogen-bond donors (Lipinski definition) is 1. The van der Waals surface area contributed by atoms with Crippen molar-refractivity contribution in [1.29, 1.82) is 0 Å². The van der Waals surface area contributed by atoms with Gasteiger partial charge in [-0.3, -0.25) is 9.59 Å². The van der Waals surface area contributed by atoms with Crippen molar-refractivity contribution in [3.05, 3.63) is 94.7 Å². The van der Waals surface area contributed by atoms with Crippen LogP contribution < -0.4 is 15.0 Å². The lowest BCUT2D eigenvalue weighted by molar-refractivity contribution is -0.120. The summed E-state index contributed by atoms with van der Waals surface area (Å²) in [7, 11) is 1.55. The van der Waals surface area contributed by atoms with Gasteiger partial charge in [0.25, 0.3) is 11.8 Å². The second-order valence-corrected chi connectivity index (χ2v) is 7.63. The van der Waals surface area contributed by atoms with Gasteiger partial charge in [0, 0.05) is 11.3 Å². The van der Waals surface area contributed by atoms with Gasteiger partial charge in [-0.05, 0) is 50.1 Å². The van der Waals surface area contributed by atoms with Crippen LogP contribution in [0.25, 0.3) is 5.57 Å². The molecule has 0 saturated heterocycles. The van der Waals surface area contributed by atoms with E-state index in [9.17, 15) is 9.59 Å². The number of nitrogens with one attached hydrogen (secondary N) is 1. The Bertz CT molecular complexity index is 1230. The number of hydrogen-bond acceptors (Lipinski definition) is 4. The Morgan fingerprint density at radius 1 is 0.806 bits per heavy atom. The Balaban J connectivity index is 1.90. The molecule has 0 fully saturated rings. The molecule has 0 bridgehead atoms. The third kappa shape index (κ3) is 3.59. The van der Waals surface area contributed by atoms with Crippen LogP contribution >= 0.6 is 0 Å². The molecule has 0 saturated carbocycles. The van der Waals surface area contributed by atoms with Gasteiger partial charge in [0.1, 0.15) is 11.4 Å². The minimum absolute atomic E-state index is 0.240. The molecule has 0 spiro atoms. The lowest BCUT2D eigenvalue weighted by Gasteiger charge is -2.18. The Morgan fingerprint density at radius 3 is 2.23 bits per heavy atom. The zero-order valence-electron chi connectivity index (χ0n) is 18.0. The molecule has 1 heterocycles. The fourth-order valence-corrected chi connectivity index (χ4v) is 3.87. The van der Waals surface area contributed by atoms with E-state index in [1.54, 1.807) is 19.2 Å². The van der Waals surface area contributed by atoms with Crippen LogP contribution in [0.5, 0.6) is 5.75 Å². The molecular weight excluding hydrogens is 388 g/mol. The van der Waals surface area contributed by atoms with Crippen molar-refractivity contribution < 1.29 is 14.3 Å². The second kappa shape index (κ2) is 8.11. The number of carbonyl (C=O) groups is 2. The molecule has 1 N–H and O–H groups in total. The van der Waals surface area contributed by atoms with Crippen LogP contribution in [0.2, 0.25) is 0 Å². The van der Waals surface area contributed by atoms with Gasteiger partial charge in [-0.2, -0.15) is 0 Å². The predicted molar refractivity (Wildman–Crippen MR) is 123 cm³/mol. The van der Waals surface area contributed by atoms with Crippen molar-refractivity contribution in [3.63, 3.8) is 0 Å². The van der Waals surface area contributed by atoms with E-state index < -0.39 is 0 Å². The van der Waals surface area contributed by atoms with Crippen LogP contribution in [-0.4, -0.2) is 18.9 Å². The first-order chi connectivity index (χ1) is 14.9. The molecule has 3 aromatic rings. The number of nitrogens with zero attached hydrogens (tertiary/aromatic N) is 1. The molecule has 156 valence electrons. The highest BCUT2D eigenvalue weighted by molar-refractivity contribution is 6.46. The van der Waals surface area contributed by atoms with Gasteiger partial charge in [0.15, 0.2) is 0 Å². The third-order valence-electron chi connectivity index (χ3n) is 5.46. The van der Waals surface area contributed by atoms with Crippen LogP contribution in [0.4, 0.5) is 11.4 Å². The van der Waals surface area contributed by atoms with Gasteiger partial charge in [0.05, 0.1) is 18.4 Å². The Hall–Kier alpha value is -3.86. The highest BCUT2D eigenvalue weighted by atomic mass is 16.5. The van der Waals surface area contributed by atoms with Crippen molar-refractivity contribution >= 4 is 28.8 Å². The normalized spacial score (nSPS) is 13.7. The summed E-state index contributed by atoms with van der Waals surface area (Å²) in [6, 6.07) is 20.6. The number of para-hydroxylation sites is 2. The first-order valence-corrected chi connectivity index (χ1v) is 10.1. The maximum Gasteiger partial charge on any atom is 0.282 e. The van der Waals surface area contributed by atoms with E-state index in [0.29, 0.717) is 22.6 Å². The maximum atomic E-state index is 13.7. The molecule has 31 heavy (non-hydrogen) atoms. The van der Waals surface area contributed by atoms with Crippen molar-refractivity contribution in [2.24, 2.45) is 0 Å². The fourth-order valence-electron chi connectivity index (χ4n) is 3.87. The molecule has 0 aliphatic carbocycles.